The van der Waals surface area contributed by atoms with Crippen LogP contribution in [0.5, 0.6) is 0 Å². The Hall–Kier alpha value is -6.17. The number of anilines is 3. The number of oxazole rings is 1. The molecule has 1 aliphatic carbocycles. The number of benzene rings is 7. The lowest BCUT2D eigenvalue weighted by Crippen LogP contribution is -2.16. The molecular formula is C46H30N2O2S. The number of furan rings is 1. The van der Waals surface area contributed by atoms with Gasteiger partial charge in [0.2, 0.25) is 5.89 Å². The molecule has 0 aliphatic heterocycles. The van der Waals surface area contributed by atoms with Gasteiger partial charge in [-0.15, -0.1) is 11.3 Å². The summed E-state index contributed by atoms with van der Waals surface area (Å²) >= 11 is 1.84. The van der Waals surface area contributed by atoms with Gasteiger partial charge >= 0.3 is 0 Å². The molecule has 5 heteroatoms. The average molecular weight is 675 g/mol. The average Bonchev–Trinajstić information content (AvgIpc) is 3.91. The first-order valence-corrected chi connectivity index (χ1v) is 18.1. The van der Waals surface area contributed by atoms with E-state index in [0.29, 0.717) is 11.5 Å². The Kier molecular flexibility index (Phi) is 5.85. The van der Waals surface area contributed by atoms with Crippen molar-refractivity contribution in [1.29, 1.82) is 0 Å². The molecular weight excluding hydrogens is 645 g/mol. The van der Waals surface area contributed by atoms with Crippen LogP contribution < -0.4 is 4.90 Å². The molecule has 0 saturated heterocycles. The van der Waals surface area contributed by atoms with Gasteiger partial charge in [0.05, 0.1) is 0 Å². The van der Waals surface area contributed by atoms with Gasteiger partial charge in [-0.2, -0.15) is 0 Å². The Labute approximate surface area is 297 Å². The van der Waals surface area contributed by atoms with E-state index in [1.54, 1.807) is 0 Å². The molecule has 1 aliphatic rings. The molecule has 0 amide bonds. The van der Waals surface area contributed by atoms with Crippen LogP contribution in [0.15, 0.2) is 154 Å². The van der Waals surface area contributed by atoms with E-state index in [0.717, 1.165) is 50.1 Å². The largest absolute Gasteiger partial charge is 0.456 e. The Balaban J connectivity index is 1.12. The van der Waals surface area contributed by atoms with Crippen molar-refractivity contribution in [2.75, 3.05) is 4.90 Å². The SMILES string of the molecule is CC1(C)c2ccccc2-c2ccc(N(c3ccc4oc5cc6oc(-c7ccccc7)nc6cc5c4c3)c3ccc4sc5ccccc5c4c3)cc21. The van der Waals surface area contributed by atoms with Gasteiger partial charge in [-0.3, -0.25) is 0 Å². The van der Waals surface area contributed by atoms with Gasteiger partial charge in [0.25, 0.3) is 0 Å². The number of hydrogen-bond acceptors (Lipinski definition) is 5. The summed E-state index contributed by atoms with van der Waals surface area (Å²) in [6, 6.07) is 52.0. The van der Waals surface area contributed by atoms with Crippen LogP contribution in [0, 0.1) is 0 Å². The van der Waals surface area contributed by atoms with Crippen molar-refractivity contribution < 1.29 is 8.83 Å². The van der Waals surface area contributed by atoms with Crippen molar-refractivity contribution in [3.05, 3.63) is 157 Å². The van der Waals surface area contributed by atoms with Gasteiger partial charge in [0, 0.05) is 65.1 Å². The predicted molar refractivity (Wildman–Crippen MR) is 212 cm³/mol. The Bertz CT molecular complexity index is 3020. The van der Waals surface area contributed by atoms with Crippen molar-refractivity contribution in [2.45, 2.75) is 19.3 Å². The summed E-state index contributed by atoms with van der Waals surface area (Å²) in [5, 5.41) is 4.60. The van der Waals surface area contributed by atoms with E-state index in [1.807, 2.05) is 47.7 Å². The number of thiophene rings is 1. The van der Waals surface area contributed by atoms with E-state index in [2.05, 4.69) is 128 Å². The molecule has 0 spiro atoms. The van der Waals surface area contributed by atoms with Crippen molar-refractivity contribution >= 4 is 81.6 Å². The van der Waals surface area contributed by atoms with E-state index in [1.165, 1.54) is 42.4 Å². The fourth-order valence-electron chi connectivity index (χ4n) is 8.16. The van der Waals surface area contributed by atoms with Crippen molar-refractivity contribution in [3.8, 4) is 22.6 Å². The van der Waals surface area contributed by atoms with Gasteiger partial charge < -0.3 is 13.7 Å². The molecule has 0 fully saturated rings. The molecule has 3 heterocycles. The molecule has 11 rings (SSSR count). The van der Waals surface area contributed by atoms with Crippen LogP contribution in [0.25, 0.3) is 75.8 Å². The highest BCUT2D eigenvalue weighted by atomic mass is 32.1. The molecule has 4 nitrogen and oxygen atoms in total. The van der Waals surface area contributed by atoms with Gasteiger partial charge in [0.1, 0.15) is 16.7 Å². The predicted octanol–water partition coefficient (Wildman–Crippen LogP) is 13.5. The molecule has 7 aromatic carbocycles. The van der Waals surface area contributed by atoms with Gasteiger partial charge in [-0.25, -0.2) is 4.98 Å². The number of fused-ring (bicyclic) bond motifs is 10. The molecule has 0 bridgehead atoms. The van der Waals surface area contributed by atoms with Crippen LogP contribution in [0.1, 0.15) is 25.0 Å². The van der Waals surface area contributed by atoms with E-state index in [-0.39, 0.29) is 5.41 Å². The van der Waals surface area contributed by atoms with Gasteiger partial charge in [-0.05, 0) is 95.1 Å². The fourth-order valence-corrected chi connectivity index (χ4v) is 9.25. The van der Waals surface area contributed by atoms with Crippen LogP contribution >= 0.6 is 11.3 Å². The summed E-state index contributed by atoms with van der Waals surface area (Å²) in [6.07, 6.45) is 0. The minimum absolute atomic E-state index is 0.118. The Morgan fingerprint density at radius 2 is 1.20 bits per heavy atom. The number of aromatic nitrogens is 1. The van der Waals surface area contributed by atoms with Crippen LogP contribution in [0.2, 0.25) is 0 Å². The molecule has 0 unspecified atom stereocenters. The minimum Gasteiger partial charge on any atom is -0.456 e. The zero-order valence-electron chi connectivity index (χ0n) is 28.0. The molecule has 51 heavy (non-hydrogen) atoms. The third kappa shape index (κ3) is 4.22. The summed E-state index contributed by atoms with van der Waals surface area (Å²) in [6.45, 7) is 4.68. The lowest BCUT2D eigenvalue weighted by Gasteiger charge is -2.28. The summed E-state index contributed by atoms with van der Waals surface area (Å²) in [7, 11) is 0. The molecule has 0 radical (unpaired) electrons. The van der Waals surface area contributed by atoms with Gasteiger partial charge in [0.15, 0.2) is 5.58 Å². The first kappa shape index (κ1) is 28.6. The highest BCUT2D eigenvalue weighted by molar-refractivity contribution is 7.25. The highest BCUT2D eigenvalue weighted by Crippen LogP contribution is 2.51. The van der Waals surface area contributed by atoms with Crippen molar-refractivity contribution in [2.24, 2.45) is 0 Å². The fraction of sp³-hybridized carbons (Fsp3) is 0.0652. The Morgan fingerprint density at radius 1 is 0.510 bits per heavy atom. The zero-order valence-corrected chi connectivity index (χ0v) is 28.8. The van der Waals surface area contributed by atoms with Crippen LogP contribution in [-0.4, -0.2) is 4.98 Å². The monoisotopic (exact) mass is 674 g/mol. The van der Waals surface area contributed by atoms with Crippen molar-refractivity contribution in [3.63, 3.8) is 0 Å². The lowest BCUT2D eigenvalue weighted by atomic mass is 9.82. The lowest BCUT2D eigenvalue weighted by molar-refractivity contribution is 0.617. The smallest absolute Gasteiger partial charge is 0.227 e. The van der Waals surface area contributed by atoms with Gasteiger partial charge in [-0.1, -0.05) is 80.6 Å². The van der Waals surface area contributed by atoms with Crippen LogP contribution in [0.3, 0.4) is 0 Å². The van der Waals surface area contributed by atoms with Crippen LogP contribution in [0.4, 0.5) is 17.1 Å². The second kappa shape index (κ2) is 10.4. The first-order valence-electron chi connectivity index (χ1n) is 17.3. The maximum atomic E-state index is 6.44. The topological polar surface area (TPSA) is 42.4 Å². The van der Waals surface area contributed by atoms with E-state index in [4.69, 9.17) is 13.8 Å². The normalized spacial score (nSPS) is 13.5. The van der Waals surface area contributed by atoms with E-state index in [9.17, 15) is 0 Å². The van der Waals surface area contributed by atoms with Crippen LogP contribution in [-0.2, 0) is 5.41 Å². The maximum Gasteiger partial charge on any atom is 0.227 e. The summed E-state index contributed by atoms with van der Waals surface area (Å²) in [5.41, 5.74) is 12.6. The number of nitrogens with zero attached hydrogens (tertiary/aromatic N) is 2. The van der Waals surface area contributed by atoms with E-state index >= 15 is 0 Å². The third-order valence-electron chi connectivity index (χ3n) is 10.7. The Morgan fingerprint density at radius 3 is 2.10 bits per heavy atom. The minimum atomic E-state index is -0.118. The molecule has 0 N–H and O–H groups in total. The highest BCUT2D eigenvalue weighted by Gasteiger charge is 2.35. The summed E-state index contributed by atoms with van der Waals surface area (Å²) < 4.78 is 15.2. The number of rotatable bonds is 4. The standard InChI is InChI=1S/C46H30N2O2S/c1-46(2)37-14-8-6-12-31(37)32-19-16-30(24-38(32)46)48(29-18-21-44-36(23-29)33-13-7-9-15-43(33)51-44)28-17-20-40-34(22-28)35-25-39-42(26-41(35)49-40)50-45(47-39)27-10-4-3-5-11-27/h3-26H,1-2H3. The molecule has 10 aromatic rings. The van der Waals surface area contributed by atoms with Crippen molar-refractivity contribution in [1.82, 2.24) is 4.98 Å². The maximum absolute atomic E-state index is 6.44. The molecule has 0 atom stereocenters. The summed E-state index contributed by atoms with van der Waals surface area (Å²) in [5.74, 6) is 0.604. The molecule has 0 saturated carbocycles. The zero-order chi connectivity index (χ0) is 33.8. The quantitative estimate of drug-likeness (QED) is 0.186. The van der Waals surface area contributed by atoms with E-state index < -0.39 is 0 Å². The third-order valence-corrected chi connectivity index (χ3v) is 11.8. The molecule has 3 aromatic heterocycles. The number of hydrogen-bond donors (Lipinski definition) is 0. The summed E-state index contributed by atoms with van der Waals surface area (Å²) in [4.78, 5) is 7.26. The molecule has 242 valence electrons. The second-order valence-electron chi connectivity index (χ2n) is 14.0. The first-order chi connectivity index (χ1) is 25.0. The second-order valence-corrected chi connectivity index (χ2v) is 15.1.